The van der Waals surface area contributed by atoms with Gasteiger partial charge in [0, 0.05) is 0 Å². The molecule has 4 heteroatoms. The Balaban J connectivity index is 1.95. The van der Waals surface area contributed by atoms with Crippen molar-refractivity contribution >= 4 is 10.1 Å². The Hall–Kier alpha value is -1.65. The Morgan fingerprint density at radius 2 is 1.75 bits per heavy atom. The highest BCUT2D eigenvalue weighted by Gasteiger charge is 2.20. The first kappa shape index (κ1) is 13.3. The van der Waals surface area contributed by atoms with E-state index in [1.54, 1.807) is 6.92 Å². The Kier molecular flexibility index (Phi) is 3.15. The fraction of sp³-hybridized carbons (Fsp3) is 0.250. The average Bonchev–Trinajstić information content (AvgIpc) is 2.74. The highest BCUT2D eigenvalue weighted by Crippen LogP contribution is 2.37. The third-order valence-corrected chi connectivity index (χ3v) is 4.24. The fourth-order valence-corrected chi connectivity index (χ4v) is 3.37. The van der Waals surface area contributed by atoms with Crippen LogP contribution in [-0.2, 0) is 20.7 Å². The maximum Gasteiger partial charge on any atom is 0.264 e. The molecular formula is C16H16O3S. The van der Waals surface area contributed by atoms with Crippen LogP contribution < -0.4 is 0 Å². The van der Waals surface area contributed by atoms with Gasteiger partial charge in [-0.3, -0.25) is 4.18 Å². The quantitative estimate of drug-likeness (QED) is 0.695. The molecule has 1 unspecified atom stereocenters. The summed E-state index contributed by atoms with van der Waals surface area (Å²) in [5.74, 6) is 0. The van der Waals surface area contributed by atoms with E-state index in [0.29, 0.717) is 0 Å². The highest BCUT2D eigenvalue weighted by atomic mass is 32.2. The van der Waals surface area contributed by atoms with Crippen molar-refractivity contribution in [3.8, 4) is 11.1 Å². The first-order valence-corrected chi connectivity index (χ1v) is 8.35. The second kappa shape index (κ2) is 4.72. The molecule has 0 fully saturated rings. The predicted octanol–water partition coefficient (Wildman–Crippen LogP) is 3.30. The summed E-state index contributed by atoms with van der Waals surface area (Å²) in [5.41, 5.74) is 5.94. The van der Waals surface area contributed by atoms with E-state index in [1.165, 1.54) is 22.3 Å². The van der Waals surface area contributed by atoms with E-state index in [0.717, 1.165) is 18.2 Å². The molecule has 104 valence electrons. The van der Waals surface area contributed by atoms with Crippen LogP contribution in [0.5, 0.6) is 0 Å². The average molecular weight is 288 g/mol. The van der Waals surface area contributed by atoms with Gasteiger partial charge in [0.15, 0.2) is 0 Å². The van der Waals surface area contributed by atoms with Gasteiger partial charge in [0.2, 0.25) is 0 Å². The highest BCUT2D eigenvalue weighted by molar-refractivity contribution is 7.86. The van der Waals surface area contributed by atoms with Crippen molar-refractivity contribution < 1.29 is 12.6 Å². The molecule has 2 aromatic rings. The summed E-state index contributed by atoms with van der Waals surface area (Å²) in [4.78, 5) is 0. The summed E-state index contributed by atoms with van der Waals surface area (Å²) >= 11 is 0. The second-order valence-electron chi connectivity index (χ2n) is 5.19. The molecule has 3 nitrogen and oxygen atoms in total. The molecule has 0 spiro atoms. The van der Waals surface area contributed by atoms with Crippen molar-refractivity contribution in [2.24, 2.45) is 0 Å². The van der Waals surface area contributed by atoms with Crippen LogP contribution in [0.25, 0.3) is 11.1 Å². The van der Waals surface area contributed by atoms with Crippen LogP contribution in [0.3, 0.4) is 0 Å². The summed E-state index contributed by atoms with van der Waals surface area (Å²) in [6.45, 7) is 1.75. The standard InChI is InChI=1S/C16H16O3S/c1-11(19-20(2,17)18)12-7-8-16-14(9-12)10-13-5-3-4-6-15(13)16/h3-9,11H,10H2,1-2H3. The van der Waals surface area contributed by atoms with Gasteiger partial charge in [-0.1, -0.05) is 42.5 Å². The second-order valence-corrected chi connectivity index (χ2v) is 6.79. The van der Waals surface area contributed by atoms with E-state index in [4.69, 9.17) is 4.18 Å². The Morgan fingerprint density at radius 1 is 1.05 bits per heavy atom. The largest absolute Gasteiger partial charge is 0.264 e. The minimum Gasteiger partial charge on any atom is -0.262 e. The first-order chi connectivity index (χ1) is 9.44. The first-order valence-electron chi connectivity index (χ1n) is 6.53. The van der Waals surface area contributed by atoms with Crippen LogP contribution in [0.1, 0.15) is 29.7 Å². The Morgan fingerprint density at radius 3 is 2.50 bits per heavy atom. The van der Waals surface area contributed by atoms with Crippen LogP contribution in [0, 0.1) is 0 Å². The van der Waals surface area contributed by atoms with E-state index in [-0.39, 0.29) is 0 Å². The number of hydrogen-bond donors (Lipinski definition) is 0. The van der Waals surface area contributed by atoms with Crippen molar-refractivity contribution in [3.05, 3.63) is 59.2 Å². The lowest BCUT2D eigenvalue weighted by Gasteiger charge is -2.13. The Bertz CT molecular complexity index is 763. The van der Waals surface area contributed by atoms with Gasteiger partial charge < -0.3 is 0 Å². The minimum atomic E-state index is -3.44. The number of rotatable bonds is 3. The molecule has 0 aliphatic heterocycles. The zero-order chi connectivity index (χ0) is 14.3. The topological polar surface area (TPSA) is 43.4 Å². The molecule has 3 rings (SSSR count). The van der Waals surface area contributed by atoms with Crippen molar-refractivity contribution in [1.29, 1.82) is 0 Å². The van der Waals surface area contributed by atoms with Crippen molar-refractivity contribution in [2.75, 3.05) is 6.26 Å². The van der Waals surface area contributed by atoms with Crippen LogP contribution in [-0.4, -0.2) is 14.7 Å². The molecule has 2 aromatic carbocycles. The molecule has 0 radical (unpaired) electrons. The van der Waals surface area contributed by atoms with Gasteiger partial charge in [0.05, 0.1) is 12.4 Å². The Labute approximate surface area is 119 Å². The smallest absolute Gasteiger partial charge is 0.262 e. The SMILES string of the molecule is CC(OS(C)(=O)=O)c1ccc2c(c1)Cc1ccccc1-2. The van der Waals surface area contributed by atoms with Gasteiger partial charge in [-0.25, -0.2) is 0 Å². The van der Waals surface area contributed by atoms with Gasteiger partial charge in [-0.2, -0.15) is 8.42 Å². The maximum absolute atomic E-state index is 11.2. The van der Waals surface area contributed by atoms with Crippen molar-refractivity contribution in [3.63, 3.8) is 0 Å². The third kappa shape index (κ3) is 2.49. The molecule has 1 aliphatic carbocycles. The van der Waals surface area contributed by atoms with Gasteiger partial charge >= 0.3 is 0 Å². The minimum absolute atomic E-state index is 0.459. The van der Waals surface area contributed by atoms with Gasteiger partial charge in [-0.15, -0.1) is 0 Å². The molecule has 0 amide bonds. The lowest BCUT2D eigenvalue weighted by atomic mass is 10.0. The van der Waals surface area contributed by atoms with Crippen LogP contribution in [0.4, 0.5) is 0 Å². The summed E-state index contributed by atoms with van der Waals surface area (Å²) in [7, 11) is -3.44. The summed E-state index contributed by atoms with van der Waals surface area (Å²) < 4.78 is 27.4. The molecule has 0 aromatic heterocycles. The van der Waals surface area contributed by atoms with Gasteiger partial charge in [0.25, 0.3) is 10.1 Å². The van der Waals surface area contributed by atoms with Gasteiger partial charge in [0.1, 0.15) is 0 Å². The molecule has 0 N–H and O–H groups in total. The van der Waals surface area contributed by atoms with Crippen LogP contribution >= 0.6 is 0 Å². The lowest BCUT2D eigenvalue weighted by Crippen LogP contribution is -2.07. The molecule has 0 saturated carbocycles. The zero-order valence-electron chi connectivity index (χ0n) is 11.5. The molecule has 0 heterocycles. The van der Waals surface area contributed by atoms with E-state index in [1.807, 2.05) is 24.3 Å². The summed E-state index contributed by atoms with van der Waals surface area (Å²) in [6, 6.07) is 14.4. The van der Waals surface area contributed by atoms with E-state index in [9.17, 15) is 8.42 Å². The fourth-order valence-electron chi connectivity index (χ4n) is 2.74. The predicted molar refractivity (Wildman–Crippen MR) is 79.0 cm³/mol. The molecule has 1 atom stereocenters. The number of fused-ring (bicyclic) bond motifs is 3. The lowest BCUT2D eigenvalue weighted by molar-refractivity contribution is 0.236. The third-order valence-electron chi connectivity index (χ3n) is 3.61. The van der Waals surface area contributed by atoms with Crippen molar-refractivity contribution in [1.82, 2.24) is 0 Å². The number of hydrogen-bond acceptors (Lipinski definition) is 3. The normalized spacial score (nSPS) is 14.7. The van der Waals surface area contributed by atoms with Gasteiger partial charge in [-0.05, 0) is 41.2 Å². The summed E-state index contributed by atoms with van der Waals surface area (Å²) in [6.07, 6.45) is 1.51. The molecule has 20 heavy (non-hydrogen) atoms. The monoisotopic (exact) mass is 288 g/mol. The molecule has 0 saturated heterocycles. The summed E-state index contributed by atoms with van der Waals surface area (Å²) in [5, 5.41) is 0. The molecular weight excluding hydrogens is 272 g/mol. The van der Waals surface area contributed by atoms with E-state index in [2.05, 4.69) is 18.2 Å². The molecule has 0 bridgehead atoms. The number of benzene rings is 2. The van der Waals surface area contributed by atoms with Crippen LogP contribution in [0.15, 0.2) is 42.5 Å². The van der Waals surface area contributed by atoms with Crippen LogP contribution in [0.2, 0.25) is 0 Å². The van der Waals surface area contributed by atoms with E-state index < -0.39 is 16.2 Å². The molecule has 1 aliphatic rings. The van der Waals surface area contributed by atoms with Crippen molar-refractivity contribution in [2.45, 2.75) is 19.4 Å². The van der Waals surface area contributed by atoms with E-state index >= 15 is 0 Å². The maximum atomic E-state index is 11.2. The zero-order valence-corrected chi connectivity index (χ0v) is 12.3.